The fourth-order valence-electron chi connectivity index (χ4n) is 1.91. The molecule has 1 unspecified atom stereocenters. The van der Waals surface area contributed by atoms with Crippen molar-refractivity contribution in [3.05, 3.63) is 33.8 Å². The van der Waals surface area contributed by atoms with Gasteiger partial charge in [0.25, 0.3) is 5.91 Å². The molecule has 3 amide bonds. The van der Waals surface area contributed by atoms with Gasteiger partial charge in [-0.2, -0.15) is 0 Å². The Morgan fingerprint density at radius 2 is 2.11 bits per heavy atom. The summed E-state index contributed by atoms with van der Waals surface area (Å²) in [5.41, 5.74) is 1.46. The summed E-state index contributed by atoms with van der Waals surface area (Å²) in [5, 5.41) is 2.21. The Morgan fingerprint density at radius 3 is 2.74 bits per heavy atom. The molecule has 19 heavy (non-hydrogen) atoms. The molecule has 0 bridgehead atoms. The van der Waals surface area contributed by atoms with Crippen molar-refractivity contribution in [2.24, 2.45) is 0 Å². The Bertz CT molecular complexity index is 571. The van der Waals surface area contributed by atoms with Gasteiger partial charge in [-0.3, -0.25) is 19.7 Å². The van der Waals surface area contributed by atoms with Gasteiger partial charge in [0, 0.05) is 4.47 Å². The highest BCUT2D eigenvalue weighted by molar-refractivity contribution is 9.10. The van der Waals surface area contributed by atoms with Gasteiger partial charge in [-0.05, 0) is 47.5 Å². The van der Waals surface area contributed by atoms with Crippen molar-refractivity contribution < 1.29 is 14.4 Å². The van der Waals surface area contributed by atoms with Gasteiger partial charge in [0.2, 0.25) is 11.8 Å². The lowest BCUT2D eigenvalue weighted by Gasteiger charge is -2.31. The van der Waals surface area contributed by atoms with Crippen LogP contribution in [0, 0.1) is 6.92 Å². The van der Waals surface area contributed by atoms with Crippen molar-refractivity contribution in [1.29, 1.82) is 0 Å². The third kappa shape index (κ3) is 2.68. The van der Waals surface area contributed by atoms with Crippen molar-refractivity contribution in [2.45, 2.75) is 19.9 Å². The molecular weight excluding hydrogens is 312 g/mol. The maximum Gasteiger partial charge on any atom is 0.256 e. The van der Waals surface area contributed by atoms with E-state index in [2.05, 4.69) is 21.2 Å². The van der Waals surface area contributed by atoms with E-state index in [1.807, 2.05) is 19.1 Å². The maximum absolute atomic E-state index is 12.4. The van der Waals surface area contributed by atoms with Crippen LogP contribution in [0.5, 0.6) is 0 Å². The molecule has 100 valence electrons. The van der Waals surface area contributed by atoms with E-state index in [4.69, 9.17) is 0 Å². The Hall–Kier alpha value is -1.69. The second kappa shape index (κ2) is 5.13. The average Bonchev–Trinajstić information content (AvgIpc) is 2.33. The maximum atomic E-state index is 12.4. The van der Waals surface area contributed by atoms with Crippen molar-refractivity contribution in [3.8, 4) is 0 Å². The number of rotatable bonds is 1. The molecule has 1 aromatic carbocycles. The van der Waals surface area contributed by atoms with E-state index >= 15 is 0 Å². The van der Waals surface area contributed by atoms with Crippen LogP contribution < -0.4 is 5.32 Å². The lowest BCUT2D eigenvalue weighted by atomic mass is 10.1. The van der Waals surface area contributed by atoms with Gasteiger partial charge < -0.3 is 4.90 Å². The zero-order valence-corrected chi connectivity index (χ0v) is 12.2. The van der Waals surface area contributed by atoms with Crippen LogP contribution in [0.1, 0.15) is 22.8 Å². The molecule has 2 rings (SSSR count). The van der Waals surface area contributed by atoms with Crippen LogP contribution in [-0.4, -0.2) is 35.2 Å². The number of nitrogens with zero attached hydrogens (tertiary/aromatic N) is 1. The summed E-state index contributed by atoms with van der Waals surface area (Å²) in [6.45, 7) is 3.41. The number of carbonyl (C=O) groups excluding carboxylic acids is 3. The van der Waals surface area contributed by atoms with E-state index in [0.29, 0.717) is 10.0 Å². The Labute approximate surface area is 119 Å². The third-order valence-corrected chi connectivity index (χ3v) is 3.70. The van der Waals surface area contributed by atoms with E-state index in [1.165, 1.54) is 4.90 Å². The summed E-state index contributed by atoms with van der Waals surface area (Å²) in [6, 6.07) is 4.67. The minimum atomic E-state index is -0.654. The van der Waals surface area contributed by atoms with Crippen molar-refractivity contribution in [3.63, 3.8) is 0 Å². The van der Waals surface area contributed by atoms with Gasteiger partial charge in [-0.1, -0.05) is 6.07 Å². The lowest BCUT2D eigenvalue weighted by molar-refractivity contribution is -0.138. The molecule has 5 nitrogen and oxygen atoms in total. The summed E-state index contributed by atoms with van der Waals surface area (Å²) in [4.78, 5) is 36.6. The summed E-state index contributed by atoms with van der Waals surface area (Å²) in [7, 11) is 0. The molecule has 1 N–H and O–H groups in total. The molecule has 0 aliphatic carbocycles. The van der Waals surface area contributed by atoms with Gasteiger partial charge in [0.05, 0.1) is 5.56 Å². The molecule has 1 atom stereocenters. The highest BCUT2D eigenvalue weighted by Gasteiger charge is 2.34. The van der Waals surface area contributed by atoms with Crippen LogP contribution in [-0.2, 0) is 9.59 Å². The Morgan fingerprint density at radius 1 is 1.42 bits per heavy atom. The minimum Gasteiger partial charge on any atom is -0.318 e. The number of nitrogens with one attached hydrogen (secondary N) is 1. The number of imide groups is 1. The second-order valence-electron chi connectivity index (χ2n) is 4.50. The molecule has 1 aromatic rings. The number of piperazine rings is 1. The molecule has 1 saturated heterocycles. The summed E-state index contributed by atoms with van der Waals surface area (Å²) in [5.74, 6) is -1.24. The zero-order valence-electron chi connectivity index (χ0n) is 10.6. The fourth-order valence-corrected chi connectivity index (χ4v) is 2.57. The third-order valence-electron chi connectivity index (χ3n) is 3.04. The first-order chi connectivity index (χ1) is 8.90. The molecule has 1 aliphatic heterocycles. The number of hydrogen-bond donors (Lipinski definition) is 1. The SMILES string of the molecule is Cc1ccc(C(=O)N2CC(=O)NC(=O)C2C)c(Br)c1. The van der Waals surface area contributed by atoms with E-state index < -0.39 is 17.9 Å². The molecule has 0 aromatic heterocycles. The fraction of sp³-hybridized carbons (Fsp3) is 0.308. The molecule has 1 aliphatic rings. The van der Waals surface area contributed by atoms with E-state index in [-0.39, 0.29) is 12.5 Å². The smallest absolute Gasteiger partial charge is 0.256 e. The van der Waals surface area contributed by atoms with Gasteiger partial charge >= 0.3 is 0 Å². The van der Waals surface area contributed by atoms with Crippen molar-refractivity contribution in [1.82, 2.24) is 10.2 Å². The highest BCUT2D eigenvalue weighted by atomic mass is 79.9. The summed E-state index contributed by atoms with van der Waals surface area (Å²) >= 11 is 3.33. The van der Waals surface area contributed by atoms with Gasteiger partial charge in [-0.25, -0.2) is 0 Å². The molecule has 0 saturated carbocycles. The topological polar surface area (TPSA) is 66.5 Å². The van der Waals surface area contributed by atoms with Crippen LogP contribution in [0.15, 0.2) is 22.7 Å². The predicted molar refractivity (Wildman–Crippen MR) is 72.5 cm³/mol. The van der Waals surface area contributed by atoms with Crippen LogP contribution in [0.2, 0.25) is 0 Å². The average molecular weight is 325 g/mol. The first-order valence-electron chi connectivity index (χ1n) is 5.81. The summed E-state index contributed by atoms with van der Waals surface area (Å²) < 4.78 is 0.656. The van der Waals surface area contributed by atoms with Crippen LogP contribution >= 0.6 is 15.9 Å². The van der Waals surface area contributed by atoms with Crippen molar-refractivity contribution in [2.75, 3.05) is 6.54 Å². The van der Waals surface area contributed by atoms with Crippen LogP contribution in [0.3, 0.4) is 0 Å². The van der Waals surface area contributed by atoms with Crippen molar-refractivity contribution >= 4 is 33.7 Å². The van der Waals surface area contributed by atoms with Crippen LogP contribution in [0.4, 0.5) is 0 Å². The molecular formula is C13H13BrN2O3. The number of halogens is 1. The zero-order chi connectivity index (χ0) is 14.2. The van der Waals surface area contributed by atoms with Crippen LogP contribution in [0.25, 0.3) is 0 Å². The molecule has 6 heteroatoms. The number of carbonyl (C=O) groups is 3. The molecule has 0 radical (unpaired) electrons. The largest absolute Gasteiger partial charge is 0.318 e. The first-order valence-corrected chi connectivity index (χ1v) is 6.60. The Kier molecular flexibility index (Phi) is 3.71. The number of aryl methyl sites for hydroxylation is 1. The van der Waals surface area contributed by atoms with Gasteiger partial charge in [0.15, 0.2) is 0 Å². The van der Waals surface area contributed by atoms with Gasteiger partial charge in [0.1, 0.15) is 12.6 Å². The molecule has 1 fully saturated rings. The molecule has 1 heterocycles. The highest BCUT2D eigenvalue weighted by Crippen LogP contribution is 2.21. The Balaban J connectivity index is 2.32. The standard InChI is InChI=1S/C13H13BrN2O3/c1-7-3-4-9(10(14)5-7)13(19)16-6-11(17)15-12(18)8(16)2/h3-5,8H,6H2,1-2H3,(H,15,17,18). The minimum absolute atomic E-state index is 0.105. The normalized spacial score (nSPS) is 19.3. The second-order valence-corrected chi connectivity index (χ2v) is 5.36. The van der Waals surface area contributed by atoms with E-state index in [1.54, 1.807) is 13.0 Å². The summed E-state index contributed by atoms with van der Waals surface area (Å²) in [6.07, 6.45) is 0. The van der Waals surface area contributed by atoms with E-state index in [0.717, 1.165) is 5.56 Å². The lowest BCUT2D eigenvalue weighted by Crippen LogP contribution is -2.58. The predicted octanol–water partition coefficient (Wildman–Crippen LogP) is 1.24. The monoisotopic (exact) mass is 324 g/mol. The molecule has 0 spiro atoms. The van der Waals surface area contributed by atoms with Gasteiger partial charge in [-0.15, -0.1) is 0 Å². The first kappa shape index (κ1) is 13.7. The number of amides is 3. The number of benzene rings is 1. The number of hydrogen-bond acceptors (Lipinski definition) is 3. The van der Waals surface area contributed by atoms with E-state index in [9.17, 15) is 14.4 Å². The quantitative estimate of drug-likeness (QED) is 0.790.